The normalized spacial score (nSPS) is 15.7. The SMILES string of the molecule is C=C[C@@H]1Oc2c(NC(=O)Nc3ccc(C)cc3)cc(-c3ccccc3-c3nnn[nH]3)cc2[C@@H]1c1ccccc1. The lowest BCUT2D eigenvalue weighted by molar-refractivity contribution is 0.260. The number of hydrogen-bond acceptors (Lipinski definition) is 5. The first-order valence-corrected chi connectivity index (χ1v) is 12.6. The maximum atomic E-state index is 13.1. The van der Waals surface area contributed by atoms with Crippen molar-refractivity contribution in [2.24, 2.45) is 0 Å². The Morgan fingerprint density at radius 1 is 0.949 bits per heavy atom. The highest BCUT2D eigenvalue weighted by molar-refractivity contribution is 6.02. The third-order valence-electron chi connectivity index (χ3n) is 6.82. The number of aromatic nitrogens is 4. The fourth-order valence-corrected chi connectivity index (χ4v) is 4.99. The van der Waals surface area contributed by atoms with Crippen LogP contribution in [0.2, 0.25) is 0 Å². The van der Waals surface area contributed by atoms with Gasteiger partial charge in [-0.05, 0) is 58.3 Å². The summed E-state index contributed by atoms with van der Waals surface area (Å²) >= 11 is 0. The van der Waals surface area contributed by atoms with Gasteiger partial charge in [0.2, 0.25) is 0 Å². The van der Waals surface area contributed by atoms with Gasteiger partial charge in [0.25, 0.3) is 0 Å². The lowest BCUT2D eigenvalue weighted by Crippen LogP contribution is -2.20. The Hall–Kier alpha value is -5.24. The summed E-state index contributed by atoms with van der Waals surface area (Å²) in [5.74, 6) is 1.08. The van der Waals surface area contributed by atoms with E-state index in [-0.39, 0.29) is 18.1 Å². The predicted molar refractivity (Wildman–Crippen MR) is 152 cm³/mol. The minimum absolute atomic E-state index is 0.0986. The van der Waals surface area contributed by atoms with Gasteiger partial charge in [-0.2, -0.15) is 0 Å². The summed E-state index contributed by atoms with van der Waals surface area (Å²) in [5, 5.41) is 20.4. The van der Waals surface area contributed by atoms with Crippen molar-refractivity contribution < 1.29 is 9.53 Å². The van der Waals surface area contributed by atoms with E-state index in [2.05, 4.69) is 56.0 Å². The van der Waals surface area contributed by atoms with Crippen molar-refractivity contribution in [3.63, 3.8) is 0 Å². The van der Waals surface area contributed by atoms with Crippen molar-refractivity contribution in [2.75, 3.05) is 10.6 Å². The summed E-state index contributed by atoms with van der Waals surface area (Å²) in [7, 11) is 0. The minimum atomic E-state index is -0.368. The third-order valence-corrected chi connectivity index (χ3v) is 6.82. The summed E-state index contributed by atoms with van der Waals surface area (Å²) < 4.78 is 6.42. The van der Waals surface area contributed by atoms with Crippen molar-refractivity contribution in [1.82, 2.24) is 20.6 Å². The number of carbonyl (C=O) groups is 1. The summed E-state index contributed by atoms with van der Waals surface area (Å²) in [4.78, 5) is 13.1. The molecule has 0 unspecified atom stereocenters. The summed E-state index contributed by atoms with van der Waals surface area (Å²) in [6.45, 7) is 6.03. The summed E-state index contributed by atoms with van der Waals surface area (Å²) in [6.07, 6.45) is 1.51. The average Bonchev–Trinajstić information content (AvgIpc) is 3.63. The molecule has 0 spiro atoms. The monoisotopic (exact) mass is 514 g/mol. The van der Waals surface area contributed by atoms with Gasteiger partial charge in [0, 0.05) is 16.8 Å². The quantitative estimate of drug-likeness (QED) is 0.223. The number of amides is 2. The van der Waals surface area contributed by atoms with Crippen LogP contribution in [0, 0.1) is 6.92 Å². The van der Waals surface area contributed by atoms with Gasteiger partial charge in [0.1, 0.15) is 11.9 Å². The Morgan fingerprint density at radius 2 is 1.69 bits per heavy atom. The number of tetrazole rings is 1. The molecular formula is C31H26N6O2. The van der Waals surface area contributed by atoms with E-state index < -0.39 is 0 Å². The van der Waals surface area contributed by atoms with E-state index >= 15 is 0 Å². The van der Waals surface area contributed by atoms with E-state index in [1.807, 2.05) is 85.8 Å². The van der Waals surface area contributed by atoms with Crippen molar-refractivity contribution >= 4 is 17.4 Å². The number of aryl methyl sites for hydroxylation is 1. The number of aromatic amines is 1. The molecule has 39 heavy (non-hydrogen) atoms. The van der Waals surface area contributed by atoms with Gasteiger partial charge in [-0.15, -0.1) is 5.10 Å². The second-order valence-corrected chi connectivity index (χ2v) is 9.39. The second kappa shape index (κ2) is 10.3. The molecule has 4 aromatic carbocycles. The zero-order valence-corrected chi connectivity index (χ0v) is 21.3. The molecule has 2 amide bonds. The first-order chi connectivity index (χ1) is 19.1. The summed E-state index contributed by atoms with van der Waals surface area (Å²) in [5.41, 5.74) is 7.07. The summed E-state index contributed by atoms with van der Waals surface area (Å²) in [6, 6.07) is 29.3. The van der Waals surface area contributed by atoms with Gasteiger partial charge >= 0.3 is 6.03 Å². The molecular weight excluding hydrogens is 488 g/mol. The molecule has 6 rings (SSSR count). The first kappa shape index (κ1) is 24.1. The van der Waals surface area contributed by atoms with Gasteiger partial charge < -0.3 is 15.4 Å². The Labute approximate surface area is 225 Å². The molecule has 0 aliphatic carbocycles. The molecule has 3 N–H and O–H groups in total. The number of hydrogen-bond donors (Lipinski definition) is 3. The van der Waals surface area contributed by atoms with Crippen LogP contribution >= 0.6 is 0 Å². The highest BCUT2D eigenvalue weighted by Crippen LogP contribution is 2.49. The Kier molecular flexibility index (Phi) is 6.34. The lowest BCUT2D eigenvalue weighted by Gasteiger charge is -2.17. The standard InChI is InChI=1S/C31H26N6O2/c1-3-27-28(20-9-5-4-6-10-20)25-17-21(23-11-7-8-12-24(23)30-34-36-37-35-30)18-26(29(25)39-27)33-31(38)32-22-15-13-19(2)14-16-22/h3-18,27-28H,1H2,2H3,(H2,32,33,38)(H,34,35,36,37)/t27-,28-/m0/s1. The van der Waals surface area contributed by atoms with E-state index in [0.717, 1.165) is 33.4 Å². The van der Waals surface area contributed by atoms with E-state index in [0.29, 0.717) is 22.9 Å². The minimum Gasteiger partial charge on any atom is -0.483 e. The van der Waals surface area contributed by atoms with Crippen LogP contribution in [0.25, 0.3) is 22.5 Å². The van der Waals surface area contributed by atoms with Crippen LogP contribution in [-0.4, -0.2) is 32.8 Å². The smallest absolute Gasteiger partial charge is 0.323 e. The number of H-pyrrole nitrogens is 1. The Balaban J connectivity index is 1.47. The van der Waals surface area contributed by atoms with Crippen molar-refractivity contribution in [2.45, 2.75) is 18.9 Å². The van der Waals surface area contributed by atoms with E-state index in [1.165, 1.54) is 0 Å². The highest BCUT2D eigenvalue weighted by atomic mass is 16.5. The third kappa shape index (κ3) is 4.75. The molecule has 1 aromatic heterocycles. The van der Waals surface area contributed by atoms with Crippen LogP contribution < -0.4 is 15.4 Å². The van der Waals surface area contributed by atoms with Crippen LogP contribution in [0.5, 0.6) is 5.75 Å². The number of rotatable bonds is 6. The van der Waals surface area contributed by atoms with Crippen LogP contribution in [0.15, 0.2) is 104 Å². The molecule has 1 aliphatic heterocycles. The molecule has 1 aliphatic rings. The van der Waals surface area contributed by atoms with E-state index in [1.54, 1.807) is 0 Å². The van der Waals surface area contributed by atoms with Gasteiger partial charge in [0.15, 0.2) is 5.82 Å². The van der Waals surface area contributed by atoms with Crippen LogP contribution in [-0.2, 0) is 0 Å². The Morgan fingerprint density at radius 3 is 2.41 bits per heavy atom. The number of carbonyl (C=O) groups excluding carboxylic acids is 1. The zero-order chi connectivity index (χ0) is 26.8. The second-order valence-electron chi connectivity index (χ2n) is 9.39. The van der Waals surface area contributed by atoms with Crippen LogP contribution in [0.4, 0.5) is 16.2 Å². The molecule has 0 saturated carbocycles. The predicted octanol–water partition coefficient (Wildman–Crippen LogP) is 6.57. The lowest BCUT2D eigenvalue weighted by atomic mass is 9.86. The number of benzene rings is 4. The molecule has 8 nitrogen and oxygen atoms in total. The number of ether oxygens (including phenoxy) is 1. The molecule has 0 fully saturated rings. The fraction of sp³-hybridized carbons (Fsp3) is 0.0968. The highest BCUT2D eigenvalue weighted by Gasteiger charge is 2.36. The molecule has 2 atom stereocenters. The van der Waals surface area contributed by atoms with Crippen molar-refractivity contribution in [3.8, 4) is 28.3 Å². The average molecular weight is 515 g/mol. The number of nitrogens with one attached hydrogen (secondary N) is 3. The van der Waals surface area contributed by atoms with Crippen LogP contribution in [0.1, 0.15) is 22.6 Å². The molecule has 0 saturated heterocycles. The number of fused-ring (bicyclic) bond motifs is 1. The first-order valence-electron chi connectivity index (χ1n) is 12.6. The van der Waals surface area contributed by atoms with Gasteiger partial charge in [-0.25, -0.2) is 9.89 Å². The van der Waals surface area contributed by atoms with Crippen molar-refractivity contribution in [1.29, 1.82) is 0 Å². The van der Waals surface area contributed by atoms with Gasteiger partial charge in [-0.3, -0.25) is 0 Å². The number of urea groups is 1. The van der Waals surface area contributed by atoms with Gasteiger partial charge in [-0.1, -0.05) is 84.9 Å². The molecule has 0 radical (unpaired) electrons. The zero-order valence-electron chi connectivity index (χ0n) is 21.3. The topological polar surface area (TPSA) is 105 Å². The molecule has 192 valence electrons. The molecule has 5 aromatic rings. The van der Waals surface area contributed by atoms with Gasteiger partial charge in [0.05, 0.1) is 11.6 Å². The van der Waals surface area contributed by atoms with E-state index in [9.17, 15) is 4.79 Å². The fourth-order valence-electron chi connectivity index (χ4n) is 4.99. The van der Waals surface area contributed by atoms with Crippen molar-refractivity contribution in [3.05, 3.63) is 120 Å². The maximum absolute atomic E-state index is 13.1. The molecule has 8 heteroatoms. The number of nitrogens with zero attached hydrogens (tertiary/aromatic N) is 3. The number of anilines is 2. The Bertz CT molecular complexity index is 1630. The maximum Gasteiger partial charge on any atom is 0.323 e. The molecule has 0 bridgehead atoms. The van der Waals surface area contributed by atoms with E-state index in [4.69, 9.17) is 4.74 Å². The largest absolute Gasteiger partial charge is 0.483 e. The molecule has 2 heterocycles. The van der Waals surface area contributed by atoms with Crippen LogP contribution in [0.3, 0.4) is 0 Å².